The van der Waals surface area contributed by atoms with Gasteiger partial charge in [0.15, 0.2) is 22.8 Å². The minimum atomic E-state index is -0.662. The predicted molar refractivity (Wildman–Crippen MR) is 271 cm³/mol. The van der Waals surface area contributed by atoms with Crippen molar-refractivity contribution in [1.82, 2.24) is 59.4 Å². The van der Waals surface area contributed by atoms with Crippen LogP contribution in [-0.2, 0) is 46.0 Å². The normalized spacial score (nSPS) is 12.6. The van der Waals surface area contributed by atoms with Crippen molar-refractivity contribution in [3.8, 4) is 11.5 Å². The van der Waals surface area contributed by atoms with Crippen molar-refractivity contribution in [2.24, 2.45) is 14.1 Å². The fourth-order valence-electron chi connectivity index (χ4n) is 8.08. The van der Waals surface area contributed by atoms with Gasteiger partial charge in [-0.15, -0.1) is 0 Å². The summed E-state index contributed by atoms with van der Waals surface area (Å²) in [5.74, 6) is -0.694. The molecule has 20 nitrogen and oxygen atoms in total. The molecule has 2 unspecified atom stereocenters. The fourth-order valence-corrected chi connectivity index (χ4v) is 8.59. The first-order chi connectivity index (χ1) is 34.0. The summed E-state index contributed by atoms with van der Waals surface area (Å²) in [5, 5.41) is 26.2. The van der Waals surface area contributed by atoms with E-state index in [1.807, 2.05) is 40.9 Å². The lowest BCUT2D eigenvalue weighted by atomic mass is 10.0. The van der Waals surface area contributed by atoms with Crippen LogP contribution in [0.4, 0.5) is 0 Å². The quantitative estimate of drug-likeness (QED) is 0.0983. The Morgan fingerprint density at radius 1 is 0.681 bits per heavy atom. The Kier molecular flexibility index (Phi) is 15.4. The van der Waals surface area contributed by atoms with E-state index in [9.17, 15) is 19.2 Å². The van der Waals surface area contributed by atoms with Gasteiger partial charge < -0.3 is 29.6 Å². The monoisotopic (exact) mass is 1020 g/mol. The van der Waals surface area contributed by atoms with E-state index in [0.29, 0.717) is 62.7 Å². The minimum absolute atomic E-state index is 0.172. The van der Waals surface area contributed by atoms with Gasteiger partial charge in [0.25, 0.3) is 11.8 Å². The smallest absolute Gasteiger partial charge is 0.312 e. The van der Waals surface area contributed by atoms with Crippen LogP contribution in [0.5, 0.6) is 11.5 Å². The number of carbonyl (C=O) groups excluding carboxylic acids is 4. The highest BCUT2D eigenvalue weighted by atomic mass is 35.5. The highest BCUT2D eigenvalue weighted by Crippen LogP contribution is 2.39. The third-order valence-corrected chi connectivity index (χ3v) is 11.5. The predicted octanol–water partition coefficient (Wildman–Crippen LogP) is 8.09. The van der Waals surface area contributed by atoms with Crippen LogP contribution in [0, 0.1) is 0 Å². The molecule has 0 saturated heterocycles. The number of halogens is 2. The number of nitrogens with one attached hydrogen (secondary N) is 2. The van der Waals surface area contributed by atoms with Crippen molar-refractivity contribution in [1.29, 1.82) is 0 Å². The number of benzene rings is 2. The summed E-state index contributed by atoms with van der Waals surface area (Å²) in [7, 11) is 3.61. The lowest BCUT2D eigenvalue weighted by Gasteiger charge is -2.20. The first-order valence-electron chi connectivity index (χ1n) is 23.2. The molecular formula is C50H58Cl2N12O8. The average molecular weight is 1030 g/mol. The maximum absolute atomic E-state index is 13.6. The van der Waals surface area contributed by atoms with Crippen molar-refractivity contribution < 1.29 is 38.1 Å². The largest absolute Gasteiger partial charge is 0.491 e. The number of amides is 2. The molecule has 22 heteroatoms. The molecule has 0 aliphatic heterocycles. The molecule has 8 aromatic rings. The molecule has 0 aliphatic rings. The van der Waals surface area contributed by atoms with Crippen molar-refractivity contribution >= 4 is 80.1 Å². The first kappa shape index (κ1) is 52.5. The number of rotatable bonds is 14. The highest BCUT2D eigenvalue weighted by molar-refractivity contribution is 6.36. The molecule has 380 valence electrons. The van der Waals surface area contributed by atoms with Crippen molar-refractivity contribution in [3.63, 3.8) is 0 Å². The third-order valence-electron chi connectivity index (χ3n) is 10.9. The second kappa shape index (κ2) is 21.2. The van der Waals surface area contributed by atoms with Gasteiger partial charge in [0.1, 0.15) is 33.4 Å². The zero-order valence-electron chi connectivity index (χ0n) is 42.3. The van der Waals surface area contributed by atoms with Crippen molar-refractivity contribution in [3.05, 3.63) is 105 Å². The molecule has 0 spiro atoms. The molecule has 0 fully saturated rings. The van der Waals surface area contributed by atoms with E-state index in [0.717, 1.165) is 16.3 Å². The summed E-state index contributed by atoms with van der Waals surface area (Å²) >= 11 is 13.1. The molecule has 6 aromatic heterocycles. The van der Waals surface area contributed by atoms with Gasteiger partial charge in [0.2, 0.25) is 0 Å². The van der Waals surface area contributed by atoms with Gasteiger partial charge >= 0.3 is 11.9 Å². The number of hydrogen-bond acceptors (Lipinski definition) is 14. The Morgan fingerprint density at radius 3 is 1.61 bits per heavy atom. The number of hydrogen-bond donors (Lipinski definition) is 2. The average Bonchev–Trinajstić information content (AvgIpc) is 4.07. The standard InChI is InChI=1S/2C25H29ClN6O4/c1-7-35-22-15(11-17(26)16-13-31(6)30-21(16)22)14(2)28-24(34)20-18(12-19(33)36-25(3,4)5)29-32-10-8-9-27-23(20)32;1-7-35-22-15(11-17(26)16-13-28-31(6)21(16)22)14(2)29-24(34)20-18(12-19(33)36-25(3,4)5)30-32-10-8-9-27-23(20)32/h8-11,13-14H,7,12H2,1-6H3,(H,28,34);8-11,13-14H,7,12H2,1-6H3,(H,29,34). The highest BCUT2D eigenvalue weighted by Gasteiger charge is 2.30. The molecule has 0 aliphatic carbocycles. The van der Waals surface area contributed by atoms with E-state index >= 15 is 0 Å². The van der Waals surface area contributed by atoms with Crippen molar-refractivity contribution in [2.45, 2.75) is 105 Å². The van der Waals surface area contributed by atoms with E-state index in [1.165, 1.54) is 9.03 Å². The summed E-state index contributed by atoms with van der Waals surface area (Å²) in [5.41, 5.74) is 3.05. The molecule has 0 radical (unpaired) electrons. The molecule has 2 atom stereocenters. The Hall–Kier alpha value is -7.32. The van der Waals surface area contributed by atoms with Gasteiger partial charge in [0.05, 0.1) is 65.8 Å². The number of fused-ring (bicyclic) bond motifs is 4. The van der Waals surface area contributed by atoms with Gasteiger partial charge in [-0.05, 0) is 93.5 Å². The number of carbonyl (C=O) groups is 4. The Labute approximate surface area is 425 Å². The first-order valence-corrected chi connectivity index (χ1v) is 24.0. The third kappa shape index (κ3) is 11.6. The van der Waals surface area contributed by atoms with Gasteiger partial charge in [0, 0.05) is 67.0 Å². The van der Waals surface area contributed by atoms with Crippen LogP contribution in [-0.4, -0.2) is 96.9 Å². The molecule has 2 amide bonds. The summed E-state index contributed by atoms with van der Waals surface area (Å²) in [4.78, 5) is 60.9. The Bertz CT molecular complexity index is 3330. The molecule has 2 N–H and O–H groups in total. The lowest BCUT2D eigenvalue weighted by molar-refractivity contribution is -0.155. The summed E-state index contributed by atoms with van der Waals surface area (Å²) in [6, 6.07) is 5.94. The van der Waals surface area contributed by atoms with Gasteiger partial charge in [-0.2, -0.15) is 20.4 Å². The van der Waals surface area contributed by atoms with Crippen LogP contribution in [0.15, 0.2) is 61.4 Å². The maximum Gasteiger partial charge on any atom is 0.312 e. The molecule has 8 rings (SSSR count). The second-order valence-corrected chi connectivity index (χ2v) is 19.7. The Balaban J connectivity index is 0.000000211. The number of nitrogens with zero attached hydrogens (tertiary/aromatic N) is 10. The molecule has 0 saturated carbocycles. The molecular weight excluding hydrogens is 968 g/mol. The molecule has 0 bridgehead atoms. The van der Waals surface area contributed by atoms with E-state index in [1.54, 1.807) is 113 Å². The van der Waals surface area contributed by atoms with Crippen molar-refractivity contribution in [2.75, 3.05) is 13.2 Å². The van der Waals surface area contributed by atoms with Crippen LogP contribution < -0.4 is 20.1 Å². The number of aromatic nitrogens is 10. The zero-order valence-corrected chi connectivity index (χ0v) is 43.8. The summed E-state index contributed by atoms with van der Waals surface area (Å²) in [6.45, 7) is 19.0. The van der Waals surface area contributed by atoms with Crippen LogP contribution >= 0.6 is 23.2 Å². The van der Waals surface area contributed by atoms with Gasteiger partial charge in [-0.3, -0.25) is 28.5 Å². The van der Waals surface area contributed by atoms with Crippen LogP contribution in [0.1, 0.15) is 125 Å². The number of aryl methyl sites for hydroxylation is 2. The maximum atomic E-state index is 13.6. The zero-order chi connectivity index (χ0) is 52.4. The van der Waals surface area contributed by atoms with E-state index in [-0.39, 0.29) is 35.4 Å². The van der Waals surface area contributed by atoms with Crippen LogP contribution in [0.2, 0.25) is 10.0 Å². The number of ether oxygens (including phenoxy) is 4. The van der Waals surface area contributed by atoms with E-state index in [2.05, 4.69) is 41.0 Å². The Morgan fingerprint density at radius 2 is 1.14 bits per heavy atom. The SMILES string of the molecule is CCOc1c(C(C)NC(=O)c2c(CC(=O)OC(C)(C)C)nn3cccnc23)cc(Cl)c2cn(C)nc12.CCOc1c(C(C)NC(=O)c2c(CC(=O)OC(C)(C)C)nn3cccnc23)cc(Cl)c2cnn(C)c12. The minimum Gasteiger partial charge on any atom is -0.491 e. The van der Waals surface area contributed by atoms with E-state index < -0.39 is 47.0 Å². The lowest BCUT2D eigenvalue weighted by Crippen LogP contribution is -2.29. The summed E-state index contributed by atoms with van der Waals surface area (Å²) < 4.78 is 29.1. The summed E-state index contributed by atoms with van der Waals surface area (Å²) in [6.07, 6.45) is 9.63. The van der Waals surface area contributed by atoms with Crippen LogP contribution in [0.3, 0.4) is 0 Å². The van der Waals surface area contributed by atoms with Gasteiger partial charge in [-0.25, -0.2) is 19.0 Å². The number of esters is 2. The second-order valence-electron chi connectivity index (χ2n) is 18.9. The van der Waals surface area contributed by atoms with Gasteiger partial charge in [-0.1, -0.05) is 23.2 Å². The molecule has 72 heavy (non-hydrogen) atoms. The van der Waals surface area contributed by atoms with Crippen LogP contribution in [0.25, 0.3) is 33.1 Å². The van der Waals surface area contributed by atoms with E-state index in [4.69, 9.17) is 42.1 Å². The fraction of sp³-hybridized carbons (Fsp3) is 0.400. The molecule has 6 heterocycles. The molecule has 2 aromatic carbocycles. The topological polar surface area (TPSA) is 225 Å².